The molecule has 0 aliphatic carbocycles. The number of nitrogens with two attached hydrogens (primary N) is 1. The second-order valence-corrected chi connectivity index (χ2v) is 3.55. The predicted octanol–water partition coefficient (Wildman–Crippen LogP) is 3.70. The van der Waals surface area contributed by atoms with E-state index >= 15 is 0 Å². The topological polar surface area (TPSA) is 26.0 Å². The van der Waals surface area contributed by atoms with Crippen LogP contribution in [-0.4, -0.2) is 5.33 Å². The van der Waals surface area contributed by atoms with Crippen LogP contribution in [0.4, 0.5) is 18.9 Å². The van der Waals surface area contributed by atoms with Crippen molar-refractivity contribution in [3.63, 3.8) is 0 Å². The van der Waals surface area contributed by atoms with Crippen LogP contribution in [0.2, 0.25) is 0 Å². The third kappa shape index (κ3) is 3.27. The molecule has 0 spiro atoms. The zero-order chi connectivity index (χ0) is 11.5. The quantitative estimate of drug-likeness (QED) is 0.648. The summed E-state index contributed by atoms with van der Waals surface area (Å²) >= 11 is 3.10. The first-order chi connectivity index (χ1) is 6.95. The van der Waals surface area contributed by atoms with E-state index < -0.39 is 11.7 Å². The van der Waals surface area contributed by atoms with Gasteiger partial charge in [0.15, 0.2) is 0 Å². The minimum Gasteiger partial charge on any atom is -0.399 e. The van der Waals surface area contributed by atoms with E-state index in [1.807, 2.05) is 0 Å². The van der Waals surface area contributed by atoms with E-state index in [4.69, 9.17) is 5.73 Å². The number of rotatable bonds is 2. The van der Waals surface area contributed by atoms with Crippen molar-refractivity contribution >= 4 is 27.7 Å². The lowest BCUT2D eigenvalue weighted by Gasteiger charge is -2.10. The van der Waals surface area contributed by atoms with Gasteiger partial charge in [-0.25, -0.2) is 0 Å². The summed E-state index contributed by atoms with van der Waals surface area (Å²) in [5.74, 6) is 0. The van der Waals surface area contributed by atoms with Crippen LogP contribution in [0.3, 0.4) is 0 Å². The van der Waals surface area contributed by atoms with Crippen LogP contribution in [-0.2, 0) is 6.18 Å². The molecule has 1 aromatic carbocycles. The fourth-order valence-electron chi connectivity index (χ4n) is 1.14. The molecule has 0 fully saturated rings. The van der Waals surface area contributed by atoms with Gasteiger partial charge >= 0.3 is 6.18 Å². The highest BCUT2D eigenvalue weighted by atomic mass is 79.9. The lowest BCUT2D eigenvalue weighted by atomic mass is 10.1. The highest BCUT2D eigenvalue weighted by Crippen LogP contribution is 2.33. The lowest BCUT2D eigenvalue weighted by Crippen LogP contribution is -2.08. The Morgan fingerprint density at radius 2 is 2.00 bits per heavy atom. The Kier molecular flexibility index (Phi) is 3.79. The van der Waals surface area contributed by atoms with Crippen molar-refractivity contribution in [3.8, 4) is 0 Å². The van der Waals surface area contributed by atoms with E-state index in [9.17, 15) is 13.2 Å². The summed E-state index contributed by atoms with van der Waals surface area (Å²) in [4.78, 5) is 0. The van der Waals surface area contributed by atoms with Crippen molar-refractivity contribution in [2.24, 2.45) is 0 Å². The average molecular weight is 280 g/mol. The summed E-state index contributed by atoms with van der Waals surface area (Å²) < 4.78 is 37.7. The number of hydrogen-bond acceptors (Lipinski definition) is 1. The molecule has 15 heavy (non-hydrogen) atoms. The van der Waals surface area contributed by atoms with Crippen LogP contribution in [0, 0.1) is 0 Å². The van der Waals surface area contributed by atoms with Crippen LogP contribution in [0.5, 0.6) is 0 Å². The van der Waals surface area contributed by atoms with Gasteiger partial charge < -0.3 is 5.73 Å². The van der Waals surface area contributed by atoms with E-state index in [0.29, 0.717) is 5.33 Å². The molecule has 2 N–H and O–H groups in total. The molecule has 0 saturated heterocycles. The van der Waals surface area contributed by atoms with Crippen LogP contribution in [0.25, 0.3) is 6.08 Å². The minimum absolute atomic E-state index is 0.110. The number of halogens is 4. The molecule has 1 aromatic rings. The lowest BCUT2D eigenvalue weighted by molar-refractivity contribution is -0.137. The molecule has 1 nitrogen and oxygen atoms in total. The molecule has 0 aliphatic heterocycles. The standard InChI is InChI=1S/C10H9BrF3N/c11-5-1-2-7-3-4-8(15)6-9(7)10(12,13)14/h1-4,6H,5,15H2. The first-order valence-corrected chi connectivity index (χ1v) is 5.26. The second-order valence-electron chi connectivity index (χ2n) is 2.90. The molecule has 0 bridgehead atoms. The van der Waals surface area contributed by atoms with Gasteiger partial charge in [-0.05, 0) is 17.7 Å². The summed E-state index contributed by atoms with van der Waals surface area (Å²) in [5, 5.41) is 0.509. The van der Waals surface area contributed by atoms with E-state index in [1.165, 1.54) is 18.2 Å². The maximum absolute atomic E-state index is 12.6. The molecule has 1 rings (SSSR count). The van der Waals surface area contributed by atoms with Gasteiger partial charge in [-0.15, -0.1) is 0 Å². The van der Waals surface area contributed by atoms with Crippen LogP contribution in [0.1, 0.15) is 11.1 Å². The van der Waals surface area contributed by atoms with Crippen LogP contribution >= 0.6 is 15.9 Å². The first kappa shape index (κ1) is 12.1. The molecule has 0 saturated carbocycles. The Morgan fingerprint density at radius 1 is 1.33 bits per heavy atom. The van der Waals surface area contributed by atoms with Crippen molar-refractivity contribution in [1.82, 2.24) is 0 Å². The van der Waals surface area contributed by atoms with Crippen molar-refractivity contribution in [3.05, 3.63) is 35.4 Å². The third-order valence-electron chi connectivity index (χ3n) is 1.77. The van der Waals surface area contributed by atoms with Crippen LogP contribution in [0.15, 0.2) is 24.3 Å². The second kappa shape index (κ2) is 4.70. The summed E-state index contributed by atoms with van der Waals surface area (Å²) in [7, 11) is 0. The van der Waals surface area contributed by atoms with Crippen molar-refractivity contribution in [2.45, 2.75) is 6.18 Å². The van der Waals surface area contributed by atoms with E-state index in [-0.39, 0.29) is 11.3 Å². The van der Waals surface area contributed by atoms with Gasteiger partial charge in [-0.1, -0.05) is 34.1 Å². The van der Waals surface area contributed by atoms with E-state index in [2.05, 4.69) is 15.9 Å². The molecule has 0 heterocycles. The summed E-state index contributed by atoms with van der Waals surface area (Å²) in [6, 6.07) is 3.74. The summed E-state index contributed by atoms with van der Waals surface area (Å²) in [5.41, 5.74) is 4.84. The molecular weight excluding hydrogens is 271 g/mol. The number of anilines is 1. The zero-order valence-corrected chi connectivity index (χ0v) is 9.27. The maximum atomic E-state index is 12.6. The van der Waals surface area contributed by atoms with Crippen molar-refractivity contribution in [2.75, 3.05) is 11.1 Å². The number of allylic oxidation sites excluding steroid dienone is 1. The fourth-order valence-corrected chi connectivity index (χ4v) is 1.32. The van der Waals surface area contributed by atoms with Crippen molar-refractivity contribution in [1.29, 1.82) is 0 Å². The molecule has 5 heteroatoms. The van der Waals surface area contributed by atoms with E-state index in [1.54, 1.807) is 6.08 Å². The minimum atomic E-state index is -4.37. The Labute approximate surface area is 93.9 Å². The molecule has 0 unspecified atom stereocenters. The molecular formula is C10H9BrF3N. The SMILES string of the molecule is Nc1ccc(C=CCBr)c(C(F)(F)F)c1. The highest BCUT2D eigenvalue weighted by molar-refractivity contribution is 9.09. The number of alkyl halides is 4. The monoisotopic (exact) mass is 279 g/mol. The van der Waals surface area contributed by atoms with Gasteiger partial charge in [0.2, 0.25) is 0 Å². The van der Waals surface area contributed by atoms with Gasteiger partial charge in [0.25, 0.3) is 0 Å². The molecule has 82 valence electrons. The van der Waals surface area contributed by atoms with Crippen molar-refractivity contribution < 1.29 is 13.2 Å². The zero-order valence-electron chi connectivity index (χ0n) is 7.68. The smallest absolute Gasteiger partial charge is 0.399 e. The Balaban J connectivity index is 3.21. The average Bonchev–Trinajstić information content (AvgIpc) is 2.14. The predicted molar refractivity (Wildman–Crippen MR) is 58.7 cm³/mol. The Bertz CT molecular complexity index is 371. The largest absolute Gasteiger partial charge is 0.417 e. The van der Waals surface area contributed by atoms with Gasteiger partial charge in [-0.3, -0.25) is 0 Å². The summed E-state index contributed by atoms with van der Waals surface area (Å²) in [6.07, 6.45) is -1.36. The van der Waals surface area contributed by atoms with Gasteiger partial charge in [0, 0.05) is 11.0 Å². The first-order valence-electron chi connectivity index (χ1n) is 4.14. The number of benzene rings is 1. The Morgan fingerprint density at radius 3 is 2.53 bits per heavy atom. The van der Waals surface area contributed by atoms with E-state index in [0.717, 1.165) is 6.07 Å². The normalized spacial score (nSPS) is 12.3. The van der Waals surface area contributed by atoms with Gasteiger partial charge in [0.1, 0.15) is 0 Å². The molecule has 0 atom stereocenters. The molecule has 0 radical (unpaired) electrons. The van der Waals surface area contributed by atoms with Crippen LogP contribution < -0.4 is 5.73 Å². The number of hydrogen-bond donors (Lipinski definition) is 1. The highest BCUT2D eigenvalue weighted by Gasteiger charge is 2.32. The number of nitrogen functional groups attached to an aromatic ring is 1. The fraction of sp³-hybridized carbons (Fsp3) is 0.200. The summed E-state index contributed by atoms with van der Waals surface area (Å²) in [6.45, 7) is 0. The Hall–Kier alpha value is -0.970. The van der Waals surface area contributed by atoms with Gasteiger partial charge in [0.05, 0.1) is 5.56 Å². The maximum Gasteiger partial charge on any atom is 0.417 e. The molecule has 0 aromatic heterocycles. The molecule has 0 amide bonds. The van der Waals surface area contributed by atoms with Gasteiger partial charge in [-0.2, -0.15) is 13.2 Å². The molecule has 0 aliphatic rings. The third-order valence-corrected chi connectivity index (χ3v) is 2.14.